The Bertz CT molecular complexity index is 793. The van der Waals surface area contributed by atoms with Crippen LogP contribution in [0.4, 0.5) is 4.39 Å². The van der Waals surface area contributed by atoms with Crippen molar-refractivity contribution in [1.82, 2.24) is 9.97 Å². The van der Waals surface area contributed by atoms with Crippen molar-refractivity contribution in [1.29, 1.82) is 0 Å². The summed E-state index contributed by atoms with van der Waals surface area (Å²) in [5.41, 5.74) is 8.81. The molecule has 2 aromatic heterocycles. The molecule has 0 fully saturated rings. The molecule has 0 saturated carbocycles. The fourth-order valence-corrected chi connectivity index (χ4v) is 2.17. The second-order valence-electron chi connectivity index (χ2n) is 4.32. The number of halogens is 1. The molecule has 0 spiro atoms. The minimum absolute atomic E-state index is 0.250. The van der Waals surface area contributed by atoms with Crippen molar-refractivity contribution in [2.24, 2.45) is 5.73 Å². The first-order valence-electron chi connectivity index (χ1n) is 6.48. The van der Waals surface area contributed by atoms with Gasteiger partial charge in [0.05, 0.1) is 11.2 Å². The van der Waals surface area contributed by atoms with E-state index in [0.29, 0.717) is 17.4 Å². The molecule has 6 heteroatoms. The molecule has 3 N–H and O–H groups in total. The highest BCUT2D eigenvalue weighted by Gasteiger charge is 2.12. The Morgan fingerprint density at radius 3 is 2.55 bits per heavy atom. The van der Waals surface area contributed by atoms with Gasteiger partial charge < -0.3 is 10.8 Å². The largest absolute Gasteiger partial charge is 0.483 e. The van der Waals surface area contributed by atoms with E-state index in [2.05, 4.69) is 9.97 Å². The number of hydrogen-bond donors (Lipinski definition) is 2. The molecule has 0 aliphatic heterocycles. The lowest BCUT2D eigenvalue weighted by Crippen LogP contribution is -2.01. The molecule has 0 atom stereocenters. The van der Waals surface area contributed by atoms with Gasteiger partial charge in [-0.1, -0.05) is 6.07 Å². The Hall–Kier alpha value is -2.86. The fourth-order valence-electron chi connectivity index (χ4n) is 2.17. The first kappa shape index (κ1) is 15.5. The van der Waals surface area contributed by atoms with Crippen molar-refractivity contribution < 1.29 is 14.3 Å². The lowest BCUT2D eigenvalue weighted by atomic mass is 10.0. The summed E-state index contributed by atoms with van der Waals surface area (Å²) in [5, 5.41) is 7.38. The Kier molecular flexibility index (Phi) is 5.11. The molecule has 0 aliphatic carbocycles. The molecule has 22 heavy (non-hydrogen) atoms. The quantitative estimate of drug-likeness (QED) is 0.710. The summed E-state index contributed by atoms with van der Waals surface area (Å²) in [6.45, 7) is 0.134. The van der Waals surface area contributed by atoms with E-state index >= 15 is 0 Å². The molecule has 0 radical (unpaired) electrons. The summed E-state index contributed by atoms with van der Waals surface area (Å²) in [6.07, 6.45) is 3.35. The SMILES string of the molecule is NCc1cccnc1-c1ccc(F)c2cccnc12.O=CO. The second-order valence-corrected chi connectivity index (χ2v) is 4.32. The highest BCUT2D eigenvalue weighted by molar-refractivity contribution is 5.93. The van der Waals surface area contributed by atoms with Crippen LogP contribution in [0.2, 0.25) is 0 Å². The maximum absolute atomic E-state index is 13.8. The maximum Gasteiger partial charge on any atom is 0.290 e. The molecule has 0 bridgehead atoms. The standard InChI is InChI=1S/C15H12FN3.CH2O2/c16-13-6-5-12(15-11(13)4-2-8-19-15)14-10(9-17)3-1-7-18-14;2-1-3/h1-8H,9,17H2;1H,(H,2,3). The zero-order valence-electron chi connectivity index (χ0n) is 11.6. The van der Waals surface area contributed by atoms with Crippen LogP contribution < -0.4 is 5.73 Å². The molecule has 3 aromatic rings. The normalized spacial score (nSPS) is 9.91. The van der Waals surface area contributed by atoms with Gasteiger partial charge in [-0.25, -0.2) is 4.39 Å². The molecule has 1 aromatic carbocycles. The zero-order chi connectivity index (χ0) is 15.9. The van der Waals surface area contributed by atoms with Crippen LogP contribution in [0, 0.1) is 5.82 Å². The number of benzene rings is 1. The smallest absolute Gasteiger partial charge is 0.290 e. The lowest BCUT2D eigenvalue weighted by molar-refractivity contribution is -0.122. The first-order chi connectivity index (χ1) is 10.7. The molecule has 0 unspecified atom stereocenters. The Labute approximate surface area is 126 Å². The molecule has 112 valence electrons. The van der Waals surface area contributed by atoms with Gasteiger partial charge in [0.15, 0.2) is 0 Å². The van der Waals surface area contributed by atoms with E-state index in [4.69, 9.17) is 15.6 Å². The van der Waals surface area contributed by atoms with E-state index in [1.54, 1.807) is 30.6 Å². The molecular weight excluding hydrogens is 285 g/mol. The number of nitrogens with zero attached hydrogens (tertiary/aromatic N) is 2. The van der Waals surface area contributed by atoms with Gasteiger partial charge in [0.1, 0.15) is 5.82 Å². The van der Waals surface area contributed by atoms with Gasteiger partial charge in [-0.2, -0.15) is 0 Å². The third-order valence-corrected chi connectivity index (χ3v) is 3.08. The van der Waals surface area contributed by atoms with Crippen molar-refractivity contribution in [3.05, 3.63) is 60.2 Å². The summed E-state index contributed by atoms with van der Waals surface area (Å²) >= 11 is 0. The van der Waals surface area contributed by atoms with Crippen LogP contribution in [-0.2, 0) is 11.3 Å². The van der Waals surface area contributed by atoms with Gasteiger partial charge in [-0.3, -0.25) is 14.8 Å². The molecular formula is C16H14FN3O2. The van der Waals surface area contributed by atoms with Crippen molar-refractivity contribution >= 4 is 17.4 Å². The van der Waals surface area contributed by atoms with E-state index in [9.17, 15) is 4.39 Å². The fraction of sp³-hybridized carbons (Fsp3) is 0.0625. The number of hydrogen-bond acceptors (Lipinski definition) is 4. The van der Waals surface area contributed by atoms with Crippen molar-refractivity contribution in [2.75, 3.05) is 0 Å². The third-order valence-electron chi connectivity index (χ3n) is 3.08. The number of carbonyl (C=O) groups is 1. The van der Waals surface area contributed by atoms with Gasteiger partial charge >= 0.3 is 0 Å². The highest BCUT2D eigenvalue weighted by Crippen LogP contribution is 2.29. The van der Waals surface area contributed by atoms with Crippen LogP contribution in [-0.4, -0.2) is 21.5 Å². The number of fused-ring (bicyclic) bond motifs is 1. The Morgan fingerprint density at radius 1 is 1.14 bits per heavy atom. The van der Waals surface area contributed by atoms with Gasteiger partial charge in [0, 0.05) is 29.9 Å². The summed E-state index contributed by atoms with van der Waals surface area (Å²) < 4.78 is 13.8. The third kappa shape index (κ3) is 3.07. The van der Waals surface area contributed by atoms with Crippen LogP contribution in [0.3, 0.4) is 0 Å². The van der Waals surface area contributed by atoms with E-state index in [0.717, 1.165) is 16.8 Å². The van der Waals surface area contributed by atoms with Crippen LogP contribution in [0.1, 0.15) is 5.56 Å². The van der Waals surface area contributed by atoms with Crippen molar-refractivity contribution in [3.63, 3.8) is 0 Å². The first-order valence-corrected chi connectivity index (χ1v) is 6.48. The minimum Gasteiger partial charge on any atom is -0.483 e. The Balaban J connectivity index is 0.000000545. The molecule has 0 amide bonds. The summed E-state index contributed by atoms with van der Waals surface area (Å²) in [4.78, 5) is 17.0. The number of carboxylic acid groups (broad SMARTS) is 1. The molecule has 5 nitrogen and oxygen atoms in total. The number of rotatable bonds is 2. The molecule has 3 rings (SSSR count). The molecule has 0 saturated heterocycles. The van der Waals surface area contributed by atoms with Gasteiger partial charge in [0.2, 0.25) is 0 Å². The topological polar surface area (TPSA) is 89.1 Å². The van der Waals surface area contributed by atoms with E-state index in [1.807, 2.05) is 12.1 Å². The van der Waals surface area contributed by atoms with Gasteiger partial charge in [-0.05, 0) is 35.9 Å². The number of pyridine rings is 2. The van der Waals surface area contributed by atoms with Crippen LogP contribution in [0.15, 0.2) is 48.8 Å². The predicted octanol–water partition coefficient (Wildman–Crippen LogP) is 2.60. The Morgan fingerprint density at radius 2 is 1.82 bits per heavy atom. The van der Waals surface area contributed by atoms with Crippen LogP contribution in [0.5, 0.6) is 0 Å². The van der Waals surface area contributed by atoms with E-state index < -0.39 is 0 Å². The number of nitrogens with two attached hydrogens (primary N) is 1. The minimum atomic E-state index is -0.280. The number of aromatic nitrogens is 2. The zero-order valence-corrected chi connectivity index (χ0v) is 11.6. The molecule has 2 heterocycles. The average molecular weight is 299 g/mol. The summed E-state index contributed by atoms with van der Waals surface area (Å²) in [5.74, 6) is -0.280. The second kappa shape index (κ2) is 7.24. The van der Waals surface area contributed by atoms with Gasteiger partial charge in [-0.15, -0.1) is 0 Å². The summed E-state index contributed by atoms with van der Waals surface area (Å²) in [7, 11) is 0. The summed E-state index contributed by atoms with van der Waals surface area (Å²) in [6, 6.07) is 10.3. The predicted molar refractivity (Wildman–Crippen MR) is 81.5 cm³/mol. The highest BCUT2D eigenvalue weighted by atomic mass is 19.1. The van der Waals surface area contributed by atoms with Crippen molar-refractivity contribution in [2.45, 2.75) is 6.54 Å². The van der Waals surface area contributed by atoms with Crippen LogP contribution >= 0.6 is 0 Å². The monoisotopic (exact) mass is 299 g/mol. The molecule has 0 aliphatic rings. The van der Waals surface area contributed by atoms with Crippen molar-refractivity contribution in [3.8, 4) is 11.3 Å². The van der Waals surface area contributed by atoms with E-state index in [1.165, 1.54) is 6.07 Å². The average Bonchev–Trinajstić information content (AvgIpc) is 2.56. The van der Waals surface area contributed by atoms with Gasteiger partial charge in [0.25, 0.3) is 6.47 Å². The lowest BCUT2D eigenvalue weighted by Gasteiger charge is -2.09. The van der Waals surface area contributed by atoms with E-state index in [-0.39, 0.29) is 12.3 Å². The maximum atomic E-state index is 13.8. The van der Waals surface area contributed by atoms with Crippen LogP contribution in [0.25, 0.3) is 22.2 Å².